The molecule has 34 heavy (non-hydrogen) atoms. The standard InChI is InChI=1S/C18H33F2N5O9/c19-17(20,18(33)15(31)13(22)14(30)10(7-26)34-18)8-23-4-2-1-3-9(21)16(32)25-5-11(27)24-6-12(28)29/h9-10,13-15,23,26,30-31,33H,1-8,21-22H2,(H,24,27)(H,25,32)(H,28,29)/t9-,10+,13-,14-,15+,18?/m0/s1. The van der Waals surface area contributed by atoms with Gasteiger partial charge in [0, 0.05) is 0 Å². The number of amides is 2. The summed E-state index contributed by atoms with van der Waals surface area (Å²) in [5.41, 5.74) is 11.2. The van der Waals surface area contributed by atoms with Crippen LogP contribution >= 0.6 is 0 Å². The molecule has 6 atom stereocenters. The molecule has 0 aromatic carbocycles. The van der Waals surface area contributed by atoms with Crippen LogP contribution in [0.3, 0.4) is 0 Å². The van der Waals surface area contributed by atoms with Crippen LogP contribution in [0.25, 0.3) is 0 Å². The predicted molar refractivity (Wildman–Crippen MR) is 110 cm³/mol. The molecule has 1 fully saturated rings. The molecule has 2 amide bonds. The first-order valence-corrected chi connectivity index (χ1v) is 10.5. The lowest BCUT2D eigenvalue weighted by Crippen LogP contribution is -2.74. The van der Waals surface area contributed by atoms with Crippen molar-refractivity contribution in [3.63, 3.8) is 0 Å². The summed E-state index contributed by atoms with van der Waals surface area (Å²) < 4.78 is 33.9. The number of carboxylic acids is 1. The fourth-order valence-corrected chi connectivity index (χ4v) is 3.17. The van der Waals surface area contributed by atoms with Gasteiger partial charge in [-0.15, -0.1) is 0 Å². The van der Waals surface area contributed by atoms with Crippen molar-refractivity contribution in [2.45, 2.75) is 61.4 Å². The maximum Gasteiger partial charge on any atom is 0.322 e. The molecule has 12 N–H and O–H groups in total. The van der Waals surface area contributed by atoms with Crippen LogP contribution in [-0.2, 0) is 19.1 Å². The Balaban J connectivity index is 2.37. The molecular formula is C18H33F2N5O9. The number of halogens is 2. The fourth-order valence-electron chi connectivity index (χ4n) is 3.17. The monoisotopic (exact) mass is 501 g/mol. The molecule has 1 unspecified atom stereocenters. The number of aliphatic hydroxyl groups is 4. The van der Waals surface area contributed by atoms with Gasteiger partial charge in [-0.05, 0) is 19.4 Å². The van der Waals surface area contributed by atoms with Crippen LogP contribution in [0.2, 0.25) is 0 Å². The number of unbranched alkanes of at least 4 members (excludes halogenated alkanes) is 1. The first-order chi connectivity index (χ1) is 15.8. The number of alkyl halides is 2. The van der Waals surface area contributed by atoms with E-state index >= 15 is 0 Å². The maximum absolute atomic E-state index is 14.6. The minimum Gasteiger partial charge on any atom is -0.480 e. The van der Waals surface area contributed by atoms with Crippen molar-refractivity contribution < 1.29 is 53.4 Å². The third-order valence-electron chi connectivity index (χ3n) is 5.24. The van der Waals surface area contributed by atoms with E-state index < -0.39 is 86.1 Å². The van der Waals surface area contributed by atoms with Crippen LogP contribution in [0.15, 0.2) is 0 Å². The van der Waals surface area contributed by atoms with Crippen molar-refractivity contribution in [1.29, 1.82) is 0 Å². The molecule has 0 radical (unpaired) electrons. The zero-order valence-electron chi connectivity index (χ0n) is 18.3. The van der Waals surface area contributed by atoms with Crippen LogP contribution in [0.4, 0.5) is 8.78 Å². The molecule has 16 heteroatoms. The topological polar surface area (TPSA) is 250 Å². The van der Waals surface area contributed by atoms with Crippen LogP contribution in [0.5, 0.6) is 0 Å². The van der Waals surface area contributed by atoms with Gasteiger partial charge in [0.05, 0.1) is 31.8 Å². The third kappa shape index (κ3) is 8.02. The largest absolute Gasteiger partial charge is 0.480 e. The van der Waals surface area contributed by atoms with Crippen molar-refractivity contribution in [1.82, 2.24) is 16.0 Å². The van der Waals surface area contributed by atoms with Gasteiger partial charge in [-0.1, -0.05) is 6.42 Å². The lowest BCUT2D eigenvalue weighted by Gasteiger charge is -2.48. The minimum atomic E-state index is -4.05. The first kappa shape index (κ1) is 30.0. The molecular weight excluding hydrogens is 468 g/mol. The van der Waals surface area contributed by atoms with Gasteiger partial charge in [-0.3, -0.25) is 14.4 Å². The zero-order valence-corrected chi connectivity index (χ0v) is 18.3. The second-order valence-corrected chi connectivity index (χ2v) is 7.92. The molecule has 1 aliphatic heterocycles. The van der Waals surface area contributed by atoms with Crippen LogP contribution in [0, 0.1) is 0 Å². The third-order valence-corrected chi connectivity index (χ3v) is 5.24. The highest BCUT2D eigenvalue weighted by atomic mass is 19.3. The Hall–Kier alpha value is -2.05. The highest BCUT2D eigenvalue weighted by Crippen LogP contribution is 2.38. The summed E-state index contributed by atoms with van der Waals surface area (Å²) in [5.74, 6) is -10.1. The second kappa shape index (κ2) is 13.1. The Morgan fingerprint density at radius 1 is 1.15 bits per heavy atom. The molecule has 14 nitrogen and oxygen atoms in total. The predicted octanol–water partition coefficient (Wildman–Crippen LogP) is -4.85. The smallest absolute Gasteiger partial charge is 0.322 e. The molecule has 198 valence electrons. The summed E-state index contributed by atoms with van der Waals surface area (Å²) >= 11 is 0. The quantitative estimate of drug-likeness (QED) is 0.101. The summed E-state index contributed by atoms with van der Waals surface area (Å²) in [7, 11) is 0. The SMILES string of the molecule is N[C@H]1[C@@H](O)[C@@H](CO)OC(O)(C(F)(F)CNCCCC[C@H](N)C(=O)NCC(=O)NCC(=O)O)[C@@H]1O. The number of carbonyl (C=O) groups excluding carboxylic acids is 2. The number of carboxylic acid groups (broad SMARTS) is 1. The number of hydrogen-bond acceptors (Lipinski definition) is 11. The lowest BCUT2D eigenvalue weighted by molar-refractivity contribution is -0.396. The Kier molecular flexibility index (Phi) is 11.6. The van der Waals surface area contributed by atoms with E-state index in [0.717, 1.165) is 0 Å². The van der Waals surface area contributed by atoms with Gasteiger partial charge in [0.25, 0.3) is 5.79 Å². The number of rotatable bonds is 14. The summed E-state index contributed by atoms with van der Waals surface area (Å²) in [6, 6.07) is -2.67. The van der Waals surface area contributed by atoms with Crippen LogP contribution in [0.1, 0.15) is 19.3 Å². The van der Waals surface area contributed by atoms with Crippen molar-refractivity contribution in [3.8, 4) is 0 Å². The van der Waals surface area contributed by atoms with Crippen molar-refractivity contribution >= 4 is 17.8 Å². The Bertz CT molecular complexity index is 703. The average Bonchev–Trinajstić information content (AvgIpc) is 2.78. The Morgan fingerprint density at radius 3 is 2.38 bits per heavy atom. The lowest BCUT2D eigenvalue weighted by atomic mass is 9.87. The normalized spacial score (nSPS) is 28.2. The number of nitrogens with one attached hydrogen (secondary N) is 3. The van der Waals surface area contributed by atoms with Crippen molar-refractivity contribution in [3.05, 3.63) is 0 Å². The van der Waals surface area contributed by atoms with Gasteiger partial charge in [0.2, 0.25) is 11.8 Å². The minimum absolute atomic E-state index is 0.0196. The number of carbonyl (C=O) groups is 3. The van der Waals surface area contributed by atoms with Crippen molar-refractivity contribution in [2.24, 2.45) is 11.5 Å². The zero-order chi connectivity index (χ0) is 26.1. The van der Waals surface area contributed by atoms with Gasteiger partial charge in [0.15, 0.2) is 0 Å². The van der Waals surface area contributed by atoms with E-state index in [0.29, 0.717) is 12.8 Å². The summed E-state index contributed by atoms with van der Waals surface area (Å²) in [6.45, 7) is -3.06. The van der Waals surface area contributed by atoms with Gasteiger partial charge >= 0.3 is 11.9 Å². The van der Waals surface area contributed by atoms with Crippen LogP contribution < -0.4 is 27.4 Å². The summed E-state index contributed by atoms with van der Waals surface area (Å²) in [5, 5.41) is 54.2. The second-order valence-electron chi connectivity index (χ2n) is 7.92. The number of nitrogens with two attached hydrogens (primary N) is 2. The van der Waals surface area contributed by atoms with E-state index in [9.17, 15) is 38.5 Å². The van der Waals surface area contributed by atoms with Gasteiger partial charge in [-0.2, -0.15) is 8.78 Å². The Morgan fingerprint density at radius 2 is 1.79 bits per heavy atom. The average molecular weight is 501 g/mol. The molecule has 0 spiro atoms. The molecule has 0 bridgehead atoms. The highest BCUT2D eigenvalue weighted by molar-refractivity contribution is 5.88. The molecule has 0 saturated carbocycles. The van der Waals surface area contributed by atoms with Gasteiger partial charge in [0.1, 0.15) is 24.9 Å². The molecule has 0 aromatic rings. The maximum atomic E-state index is 14.6. The van der Waals surface area contributed by atoms with E-state index in [1.165, 1.54) is 0 Å². The molecule has 1 saturated heterocycles. The van der Waals surface area contributed by atoms with Crippen molar-refractivity contribution in [2.75, 3.05) is 32.8 Å². The Labute approximate surface area is 193 Å². The first-order valence-electron chi connectivity index (χ1n) is 10.5. The highest BCUT2D eigenvalue weighted by Gasteiger charge is 2.65. The van der Waals surface area contributed by atoms with Gasteiger partial charge < -0.3 is 57.7 Å². The van der Waals surface area contributed by atoms with E-state index in [1.54, 1.807) is 0 Å². The number of ether oxygens (including phenoxy) is 1. The van der Waals surface area contributed by atoms with Crippen LogP contribution in [-0.4, -0.2) is 118 Å². The van der Waals surface area contributed by atoms with E-state index in [4.69, 9.17) is 26.4 Å². The molecule has 1 heterocycles. The van der Waals surface area contributed by atoms with E-state index in [2.05, 4.69) is 16.0 Å². The fraction of sp³-hybridized carbons (Fsp3) is 0.833. The number of aliphatic hydroxyl groups excluding tert-OH is 3. The van der Waals surface area contributed by atoms with E-state index in [1.807, 2.05) is 0 Å². The van der Waals surface area contributed by atoms with E-state index in [-0.39, 0.29) is 13.0 Å². The molecule has 1 rings (SSSR count). The summed E-state index contributed by atoms with van der Waals surface area (Å²) in [4.78, 5) is 33.5. The summed E-state index contributed by atoms with van der Waals surface area (Å²) in [6.07, 6.45) is -4.81. The van der Waals surface area contributed by atoms with Gasteiger partial charge in [-0.25, -0.2) is 0 Å². The molecule has 0 aliphatic carbocycles. The molecule has 0 aromatic heterocycles. The molecule has 1 aliphatic rings. The number of hydrogen-bond donors (Lipinski definition) is 10. The number of aliphatic carboxylic acids is 1.